The average Bonchev–Trinajstić information content (AvgIpc) is 3.10. The summed E-state index contributed by atoms with van der Waals surface area (Å²) >= 11 is 0. The predicted molar refractivity (Wildman–Crippen MR) is 108 cm³/mol. The van der Waals surface area contributed by atoms with Gasteiger partial charge in [0.2, 0.25) is 0 Å². The second kappa shape index (κ2) is 9.05. The molecular formula is C22H23N3O4. The van der Waals surface area contributed by atoms with Gasteiger partial charge in [0.15, 0.2) is 11.4 Å². The molecule has 0 bridgehead atoms. The lowest BCUT2D eigenvalue weighted by atomic mass is 10.0. The lowest BCUT2D eigenvalue weighted by Crippen LogP contribution is -2.31. The van der Waals surface area contributed by atoms with Crippen LogP contribution >= 0.6 is 0 Å². The molecule has 7 nitrogen and oxygen atoms in total. The van der Waals surface area contributed by atoms with E-state index in [2.05, 4.69) is 10.4 Å². The van der Waals surface area contributed by atoms with Gasteiger partial charge in [-0.1, -0.05) is 48.5 Å². The Labute approximate surface area is 168 Å². The number of esters is 1. The highest BCUT2D eigenvalue weighted by molar-refractivity contribution is 5.95. The lowest BCUT2D eigenvalue weighted by molar-refractivity contribution is -0.147. The standard InChI is InChI=1S/C22H23N3O4/c1-15(2)29-20(27)13-18(16-9-5-3-6-10-16)23-22(28)21-19(26)14-25(24-21)17-11-7-4-8-12-17/h3-12,14-15,18,26H,13H2,1-2H3,(H,23,28). The Hall–Kier alpha value is -3.61. The van der Waals surface area contributed by atoms with Crippen molar-refractivity contribution in [2.75, 3.05) is 0 Å². The van der Waals surface area contributed by atoms with Crippen LogP contribution in [0.4, 0.5) is 0 Å². The Morgan fingerprint density at radius 3 is 2.31 bits per heavy atom. The van der Waals surface area contributed by atoms with Crippen LogP contribution in [0.1, 0.15) is 42.4 Å². The summed E-state index contributed by atoms with van der Waals surface area (Å²) < 4.78 is 6.64. The number of aromatic hydroxyl groups is 1. The minimum Gasteiger partial charge on any atom is -0.504 e. The van der Waals surface area contributed by atoms with Gasteiger partial charge < -0.3 is 15.2 Å². The van der Waals surface area contributed by atoms with E-state index >= 15 is 0 Å². The summed E-state index contributed by atoms with van der Waals surface area (Å²) in [6.45, 7) is 3.53. The molecule has 2 N–H and O–H groups in total. The van der Waals surface area contributed by atoms with E-state index in [1.54, 1.807) is 13.8 Å². The zero-order valence-electron chi connectivity index (χ0n) is 16.3. The molecule has 1 aromatic heterocycles. The zero-order valence-corrected chi connectivity index (χ0v) is 16.3. The average molecular weight is 393 g/mol. The second-order valence-electron chi connectivity index (χ2n) is 6.82. The van der Waals surface area contributed by atoms with E-state index in [1.807, 2.05) is 60.7 Å². The third kappa shape index (κ3) is 5.22. The molecule has 0 spiro atoms. The number of hydrogen-bond donors (Lipinski definition) is 2. The third-order valence-corrected chi connectivity index (χ3v) is 4.18. The van der Waals surface area contributed by atoms with Crippen molar-refractivity contribution in [3.05, 3.63) is 78.1 Å². The van der Waals surface area contributed by atoms with Gasteiger partial charge in [0.05, 0.1) is 30.5 Å². The molecule has 1 amide bonds. The number of nitrogens with one attached hydrogen (secondary N) is 1. The summed E-state index contributed by atoms with van der Waals surface area (Å²) in [4.78, 5) is 25.0. The largest absolute Gasteiger partial charge is 0.504 e. The number of carbonyl (C=O) groups is 2. The van der Waals surface area contributed by atoms with Crippen LogP contribution in [0, 0.1) is 0 Å². The summed E-state index contributed by atoms with van der Waals surface area (Å²) in [5.74, 6) is -1.25. The minimum absolute atomic E-state index is 0.0336. The highest BCUT2D eigenvalue weighted by Crippen LogP contribution is 2.22. The van der Waals surface area contributed by atoms with Gasteiger partial charge in [-0.2, -0.15) is 5.10 Å². The Bertz CT molecular complexity index is 968. The van der Waals surface area contributed by atoms with Crippen molar-refractivity contribution in [2.45, 2.75) is 32.4 Å². The van der Waals surface area contributed by atoms with Crippen LogP contribution in [0.3, 0.4) is 0 Å². The van der Waals surface area contributed by atoms with Crippen molar-refractivity contribution < 1.29 is 19.4 Å². The van der Waals surface area contributed by atoms with E-state index in [9.17, 15) is 14.7 Å². The molecule has 0 saturated carbocycles. The topological polar surface area (TPSA) is 93.5 Å². The van der Waals surface area contributed by atoms with E-state index in [0.717, 1.165) is 5.56 Å². The normalized spacial score (nSPS) is 11.8. The first kappa shape index (κ1) is 20.1. The first-order valence-electron chi connectivity index (χ1n) is 9.33. The van der Waals surface area contributed by atoms with Crippen LogP contribution in [0.5, 0.6) is 5.75 Å². The maximum absolute atomic E-state index is 12.8. The molecule has 0 radical (unpaired) electrons. The van der Waals surface area contributed by atoms with E-state index in [1.165, 1.54) is 10.9 Å². The number of para-hydroxylation sites is 1. The van der Waals surface area contributed by atoms with Crippen LogP contribution in [-0.4, -0.2) is 32.9 Å². The van der Waals surface area contributed by atoms with Crippen LogP contribution in [0.25, 0.3) is 5.69 Å². The van der Waals surface area contributed by atoms with Gasteiger partial charge in [0, 0.05) is 0 Å². The number of carbonyl (C=O) groups excluding carboxylic acids is 2. The molecule has 2 aromatic carbocycles. The van der Waals surface area contributed by atoms with E-state index in [0.29, 0.717) is 5.69 Å². The molecule has 29 heavy (non-hydrogen) atoms. The van der Waals surface area contributed by atoms with Crippen LogP contribution in [-0.2, 0) is 9.53 Å². The van der Waals surface area contributed by atoms with E-state index in [4.69, 9.17) is 4.74 Å². The van der Waals surface area contributed by atoms with Gasteiger partial charge in [-0.25, -0.2) is 4.68 Å². The monoisotopic (exact) mass is 393 g/mol. The fraction of sp³-hybridized carbons (Fsp3) is 0.227. The highest BCUT2D eigenvalue weighted by atomic mass is 16.5. The number of nitrogens with zero attached hydrogens (tertiary/aromatic N) is 2. The van der Waals surface area contributed by atoms with Gasteiger partial charge in [-0.05, 0) is 31.5 Å². The smallest absolute Gasteiger partial charge is 0.308 e. The van der Waals surface area contributed by atoms with Crippen molar-refractivity contribution in [1.82, 2.24) is 15.1 Å². The van der Waals surface area contributed by atoms with Gasteiger partial charge in [0.25, 0.3) is 5.91 Å². The van der Waals surface area contributed by atoms with Crippen molar-refractivity contribution in [2.24, 2.45) is 0 Å². The summed E-state index contributed by atoms with van der Waals surface area (Å²) in [6.07, 6.45) is 1.09. The van der Waals surface area contributed by atoms with Crippen LogP contribution < -0.4 is 5.32 Å². The van der Waals surface area contributed by atoms with Crippen LogP contribution in [0.2, 0.25) is 0 Å². The number of rotatable bonds is 7. The molecule has 0 aliphatic rings. The minimum atomic E-state index is -0.615. The number of hydrogen-bond acceptors (Lipinski definition) is 5. The third-order valence-electron chi connectivity index (χ3n) is 4.18. The SMILES string of the molecule is CC(C)OC(=O)CC(NC(=O)c1nn(-c2ccccc2)cc1O)c1ccccc1. The molecule has 0 aliphatic carbocycles. The lowest BCUT2D eigenvalue weighted by Gasteiger charge is -2.19. The highest BCUT2D eigenvalue weighted by Gasteiger charge is 2.24. The van der Waals surface area contributed by atoms with Crippen molar-refractivity contribution >= 4 is 11.9 Å². The quantitative estimate of drug-likeness (QED) is 0.600. The molecular weight excluding hydrogens is 370 g/mol. The van der Waals surface area contributed by atoms with Crippen molar-refractivity contribution in [3.63, 3.8) is 0 Å². The molecule has 3 rings (SSSR count). The Morgan fingerprint density at radius 2 is 1.69 bits per heavy atom. The summed E-state index contributed by atoms with van der Waals surface area (Å²) in [6, 6.07) is 17.7. The maximum Gasteiger partial charge on any atom is 0.308 e. The van der Waals surface area contributed by atoms with Gasteiger partial charge in [-0.3, -0.25) is 9.59 Å². The van der Waals surface area contributed by atoms with Crippen LogP contribution in [0.15, 0.2) is 66.9 Å². The number of aromatic nitrogens is 2. The fourth-order valence-corrected chi connectivity index (χ4v) is 2.88. The first-order chi connectivity index (χ1) is 13.9. The molecule has 1 heterocycles. The van der Waals surface area contributed by atoms with Crippen molar-refractivity contribution in [1.29, 1.82) is 0 Å². The zero-order chi connectivity index (χ0) is 20.8. The molecule has 1 atom stereocenters. The molecule has 0 saturated heterocycles. The summed E-state index contributed by atoms with van der Waals surface area (Å²) in [5, 5.41) is 17.2. The Kier molecular flexibility index (Phi) is 6.29. The van der Waals surface area contributed by atoms with Gasteiger partial charge >= 0.3 is 5.97 Å². The molecule has 0 fully saturated rings. The summed E-state index contributed by atoms with van der Waals surface area (Å²) in [7, 11) is 0. The van der Waals surface area contributed by atoms with Crippen molar-refractivity contribution in [3.8, 4) is 11.4 Å². The number of amides is 1. The van der Waals surface area contributed by atoms with Gasteiger partial charge in [0.1, 0.15) is 0 Å². The fourth-order valence-electron chi connectivity index (χ4n) is 2.88. The van der Waals surface area contributed by atoms with E-state index in [-0.39, 0.29) is 24.0 Å². The molecule has 0 aliphatic heterocycles. The Morgan fingerprint density at radius 1 is 1.07 bits per heavy atom. The second-order valence-corrected chi connectivity index (χ2v) is 6.82. The predicted octanol–water partition coefficient (Wildman–Crippen LogP) is 3.39. The van der Waals surface area contributed by atoms with Gasteiger partial charge in [-0.15, -0.1) is 0 Å². The molecule has 3 aromatic rings. The number of ether oxygens (including phenoxy) is 1. The van der Waals surface area contributed by atoms with E-state index < -0.39 is 17.9 Å². The Balaban J connectivity index is 1.81. The molecule has 1 unspecified atom stereocenters. The maximum atomic E-state index is 12.8. The summed E-state index contributed by atoms with van der Waals surface area (Å²) in [5.41, 5.74) is 1.34. The first-order valence-corrected chi connectivity index (χ1v) is 9.33. The number of benzene rings is 2. The molecule has 150 valence electrons. The molecule has 7 heteroatoms.